The van der Waals surface area contributed by atoms with Gasteiger partial charge in [0.05, 0.1) is 0 Å². The van der Waals surface area contributed by atoms with E-state index in [-0.39, 0.29) is 11.8 Å². The van der Waals surface area contributed by atoms with Gasteiger partial charge in [-0.05, 0) is 24.6 Å². The van der Waals surface area contributed by atoms with Gasteiger partial charge in [0.25, 0.3) is 0 Å². The van der Waals surface area contributed by atoms with Crippen LogP contribution in [0, 0.1) is 0 Å². The zero-order valence-electron chi connectivity index (χ0n) is 9.33. The van der Waals surface area contributed by atoms with Crippen molar-refractivity contribution in [2.45, 2.75) is 25.1 Å². The predicted octanol–water partition coefficient (Wildman–Crippen LogP) is 3.17. The lowest BCUT2D eigenvalue weighted by molar-refractivity contribution is -0.274. The molecule has 2 nitrogen and oxygen atoms in total. The SMILES string of the molecule is CC(N)CSCc1ccc(OC(F)(F)F)cc1. The van der Waals surface area contributed by atoms with Crippen LogP contribution in [0.5, 0.6) is 5.75 Å². The Balaban J connectivity index is 2.45. The van der Waals surface area contributed by atoms with Gasteiger partial charge in [-0.3, -0.25) is 0 Å². The highest BCUT2D eigenvalue weighted by Gasteiger charge is 2.30. The van der Waals surface area contributed by atoms with E-state index < -0.39 is 6.36 Å². The average molecular weight is 265 g/mol. The summed E-state index contributed by atoms with van der Waals surface area (Å²) in [5.74, 6) is 1.35. The van der Waals surface area contributed by atoms with E-state index in [0.29, 0.717) is 0 Å². The minimum absolute atomic E-state index is 0.118. The number of alkyl halides is 3. The Morgan fingerprint density at radius 2 is 1.88 bits per heavy atom. The monoisotopic (exact) mass is 265 g/mol. The molecule has 6 heteroatoms. The van der Waals surface area contributed by atoms with Gasteiger partial charge in [0.15, 0.2) is 0 Å². The fourth-order valence-corrected chi connectivity index (χ4v) is 2.07. The quantitative estimate of drug-likeness (QED) is 0.888. The van der Waals surface area contributed by atoms with E-state index in [1.807, 2.05) is 6.92 Å². The van der Waals surface area contributed by atoms with E-state index in [0.717, 1.165) is 17.1 Å². The number of thioether (sulfide) groups is 1. The van der Waals surface area contributed by atoms with Crippen molar-refractivity contribution in [1.82, 2.24) is 0 Å². The second kappa shape index (κ2) is 6.16. The fraction of sp³-hybridized carbons (Fsp3) is 0.455. The summed E-state index contributed by atoms with van der Waals surface area (Å²) in [4.78, 5) is 0. The Morgan fingerprint density at radius 1 is 1.29 bits per heavy atom. The minimum atomic E-state index is -4.63. The molecule has 1 rings (SSSR count). The zero-order valence-corrected chi connectivity index (χ0v) is 10.1. The van der Waals surface area contributed by atoms with Crippen molar-refractivity contribution in [2.24, 2.45) is 5.73 Å². The molecule has 0 aromatic heterocycles. The molecule has 0 bridgehead atoms. The Morgan fingerprint density at radius 3 is 2.35 bits per heavy atom. The van der Waals surface area contributed by atoms with Crippen LogP contribution >= 0.6 is 11.8 Å². The molecule has 0 aliphatic carbocycles. The van der Waals surface area contributed by atoms with E-state index in [1.54, 1.807) is 23.9 Å². The molecule has 0 spiro atoms. The second-order valence-electron chi connectivity index (χ2n) is 3.68. The second-order valence-corrected chi connectivity index (χ2v) is 4.71. The van der Waals surface area contributed by atoms with Gasteiger partial charge in [0.1, 0.15) is 5.75 Å². The smallest absolute Gasteiger partial charge is 0.406 e. The van der Waals surface area contributed by atoms with Crippen LogP contribution in [0.15, 0.2) is 24.3 Å². The number of rotatable bonds is 5. The number of nitrogens with two attached hydrogens (primary N) is 1. The van der Waals surface area contributed by atoms with Gasteiger partial charge in [-0.25, -0.2) is 0 Å². The van der Waals surface area contributed by atoms with Crippen LogP contribution in [-0.4, -0.2) is 18.2 Å². The molecule has 96 valence electrons. The van der Waals surface area contributed by atoms with Gasteiger partial charge in [-0.2, -0.15) is 11.8 Å². The van der Waals surface area contributed by atoms with E-state index in [9.17, 15) is 13.2 Å². The van der Waals surface area contributed by atoms with Crippen molar-refractivity contribution < 1.29 is 17.9 Å². The molecule has 1 unspecified atom stereocenters. The topological polar surface area (TPSA) is 35.2 Å². The molecular weight excluding hydrogens is 251 g/mol. The highest BCUT2D eigenvalue weighted by atomic mass is 32.2. The summed E-state index contributed by atoms with van der Waals surface area (Å²) < 4.78 is 39.5. The number of hydrogen-bond donors (Lipinski definition) is 1. The lowest BCUT2D eigenvalue weighted by Crippen LogP contribution is -2.17. The van der Waals surface area contributed by atoms with Crippen LogP contribution in [0.25, 0.3) is 0 Å². The molecule has 0 aliphatic rings. The van der Waals surface area contributed by atoms with Crippen LogP contribution in [0.1, 0.15) is 12.5 Å². The first-order valence-electron chi connectivity index (χ1n) is 5.05. The summed E-state index contributed by atoms with van der Waals surface area (Å²) in [5.41, 5.74) is 6.53. The van der Waals surface area contributed by atoms with Crippen molar-refractivity contribution in [3.8, 4) is 5.75 Å². The van der Waals surface area contributed by atoms with Crippen molar-refractivity contribution in [3.63, 3.8) is 0 Å². The Bertz CT molecular complexity index is 338. The molecule has 17 heavy (non-hydrogen) atoms. The third-order valence-electron chi connectivity index (χ3n) is 1.81. The molecule has 1 aromatic rings. The van der Waals surface area contributed by atoms with Crippen LogP contribution in [-0.2, 0) is 5.75 Å². The van der Waals surface area contributed by atoms with Crippen LogP contribution in [0.4, 0.5) is 13.2 Å². The number of ether oxygens (including phenoxy) is 1. The summed E-state index contributed by atoms with van der Waals surface area (Å²) in [5, 5.41) is 0. The van der Waals surface area contributed by atoms with Crippen LogP contribution in [0.3, 0.4) is 0 Å². The summed E-state index contributed by atoms with van der Waals surface area (Å²) >= 11 is 1.65. The fourth-order valence-electron chi connectivity index (χ4n) is 1.15. The molecule has 0 saturated heterocycles. The van der Waals surface area contributed by atoms with Gasteiger partial charge in [0, 0.05) is 17.5 Å². The lowest BCUT2D eigenvalue weighted by atomic mass is 10.2. The molecule has 0 fully saturated rings. The Labute approximate surface area is 102 Å². The van der Waals surface area contributed by atoms with Gasteiger partial charge in [-0.1, -0.05) is 12.1 Å². The number of benzene rings is 1. The zero-order chi connectivity index (χ0) is 12.9. The third-order valence-corrected chi connectivity index (χ3v) is 3.11. The van der Waals surface area contributed by atoms with E-state index in [4.69, 9.17) is 5.73 Å². The Hall–Kier alpha value is -0.880. The maximum Gasteiger partial charge on any atom is 0.573 e. The lowest BCUT2D eigenvalue weighted by Gasteiger charge is -2.09. The van der Waals surface area contributed by atoms with Crippen LogP contribution in [0.2, 0.25) is 0 Å². The van der Waals surface area contributed by atoms with Crippen molar-refractivity contribution >= 4 is 11.8 Å². The molecule has 0 saturated carbocycles. The molecule has 0 heterocycles. The maximum absolute atomic E-state index is 11.9. The number of halogens is 3. The van der Waals surface area contributed by atoms with Gasteiger partial charge in [0.2, 0.25) is 0 Å². The van der Waals surface area contributed by atoms with Gasteiger partial charge >= 0.3 is 6.36 Å². The molecule has 0 aliphatic heterocycles. The normalized spacial score (nSPS) is 13.5. The first-order valence-corrected chi connectivity index (χ1v) is 6.20. The molecule has 2 N–H and O–H groups in total. The van der Waals surface area contributed by atoms with Crippen molar-refractivity contribution in [1.29, 1.82) is 0 Å². The molecular formula is C11H14F3NOS. The van der Waals surface area contributed by atoms with E-state index in [2.05, 4.69) is 4.74 Å². The van der Waals surface area contributed by atoms with E-state index >= 15 is 0 Å². The first-order chi connectivity index (χ1) is 7.87. The summed E-state index contributed by atoms with van der Waals surface area (Å²) in [6.07, 6.45) is -4.63. The highest BCUT2D eigenvalue weighted by molar-refractivity contribution is 7.98. The molecule has 0 radical (unpaired) electrons. The third kappa shape index (κ3) is 6.43. The molecule has 1 aromatic carbocycles. The molecule has 1 atom stereocenters. The average Bonchev–Trinajstić information content (AvgIpc) is 2.18. The Kier molecular flexibility index (Phi) is 5.14. The number of hydrogen-bond acceptors (Lipinski definition) is 3. The minimum Gasteiger partial charge on any atom is -0.406 e. The predicted molar refractivity (Wildman–Crippen MR) is 62.9 cm³/mol. The van der Waals surface area contributed by atoms with Gasteiger partial charge in [-0.15, -0.1) is 13.2 Å². The summed E-state index contributed by atoms with van der Waals surface area (Å²) in [6.45, 7) is 1.91. The van der Waals surface area contributed by atoms with E-state index in [1.165, 1.54) is 12.1 Å². The van der Waals surface area contributed by atoms with Gasteiger partial charge < -0.3 is 10.5 Å². The standard InChI is InChI=1S/C11H14F3NOS/c1-8(15)6-17-7-9-2-4-10(5-3-9)16-11(12,13)14/h2-5,8H,6-7,15H2,1H3. The summed E-state index contributed by atoms with van der Waals surface area (Å²) in [7, 11) is 0. The maximum atomic E-state index is 11.9. The molecule has 0 amide bonds. The first kappa shape index (κ1) is 14.2. The largest absolute Gasteiger partial charge is 0.573 e. The summed E-state index contributed by atoms with van der Waals surface area (Å²) in [6, 6.07) is 5.99. The van der Waals surface area contributed by atoms with Crippen molar-refractivity contribution in [3.05, 3.63) is 29.8 Å². The highest BCUT2D eigenvalue weighted by Crippen LogP contribution is 2.23. The van der Waals surface area contributed by atoms with Crippen molar-refractivity contribution in [2.75, 3.05) is 5.75 Å². The van der Waals surface area contributed by atoms with Crippen LogP contribution < -0.4 is 10.5 Å².